The van der Waals surface area contributed by atoms with Crippen LogP contribution in [0.1, 0.15) is 41.5 Å². The molecule has 2 amide bonds. The van der Waals surface area contributed by atoms with Crippen LogP contribution in [-0.4, -0.2) is 27.2 Å². The van der Waals surface area contributed by atoms with E-state index in [0.717, 1.165) is 0 Å². The maximum absolute atomic E-state index is 11.8. The van der Waals surface area contributed by atoms with Crippen molar-refractivity contribution in [3.8, 4) is 0 Å². The van der Waals surface area contributed by atoms with Crippen molar-refractivity contribution < 1.29 is 9.59 Å². The summed E-state index contributed by atoms with van der Waals surface area (Å²) < 4.78 is -2.12. The summed E-state index contributed by atoms with van der Waals surface area (Å²) in [5, 5.41) is 5.12. The number of alkyl halides is 2. The Morgan fingerprint density at radius 3 is 1.18 bits per heavy atom. The molecule has 0 unspecified atom stereocenters. The van der Waals surface area contributed by atoms with E-state index in [1.807, 2.05) is 0 Å². The van der Waals surface area contributed by atoms with Crippen LogP contribution in [0.2, 0.25) is 0 Å². The van der Waals surface area contributed by atoms with Gasteiger partial charge in [-0.2, -0.15) is 0 Å². The van der Waals surface area contributed by atoms with Crippen molar-refractivity contribution in [3.05, 3.63) is 0 Å². The van der Waals surface area contributed by atoms with E-state index < -0.39 is 27.2 Å². The summed E-state index contributed by atoms with van der Waals surface area (Å²) in [4.78, 5) is 23.5. The fourth-order valence-electron chi connectivity index (χ4n) is 0.941. The number of halogens is 2. The van der Waals surface area contributed by atoms with Crippen molar-refractivity contribution in [3.63, 3.8) is 0 Å². The second-order valence-corrected chi connectivity index (χ2v) is 7.31. The average molecular weight is 283 g/mol. The molecule has 0 aliphatic rings. The highest BCUT2D eigenvalue weighted by atomic mass is 35.5. The highest BCUT2D eigenvalue weighted by Crippen LogP contribution is 2.23. The number of carbonyl (C=O) groups excluding carboxylic acids is 2. The minimum atomic E-state index is -2.12. The monoisotopic (exact) mass is 282 g/mol. The van der Waals surface area contributed by atoms with Gasteiger partial charge in [0, 0.05) is 11.1 Å². The van der Waals surface area contributed by atoms with Crippen molar-refractivity contribution in [2.24, 2.45) is 0 Å². The van der Waals surface area contributed by atoms with Crippen LogP contribution in [-0.2, 0) is 9.59 Å². The molecule has 4 nitrogen and oxygen atoms in total. The molecule has 0 rings (SSSR count). The number of hydrogen-bond donors (Lipinski definition) is 2. The van der Waals surface area contributed by atoms with Gasteiger partial charge < -0.3 is 10.6 Å². The molecule has 0 aliphatic carbocycles. The summed E-state index contributed by atoms with van der Waals surface area (Å²) >= 11 is 11.6. The first kappa shape index (κ1) is 16.5. The minimum Gasteiger partial charge on any atom is -0.348 e. The fraction of sp³-hybridized carbons (Fsp3) is 0.818. The van der Waals surface area contributed by atoms with Gasteiger partial charge in [0.1, 0.15) is 0 Å². The summed E-state index contributed by atoms with van der Waals surface area (Å²) in [5.74, 6) is -1.45. The molecule has 0 aromatic carbocycles. The maximum Gasteiger partial charge on any atom is 0.273 e. The highest BCUT2D eigenvalue weighted by molar-refractivity contribution is 6.67. The van der Waals surface area contributed by atoms with Crippen molar-refractivity contribution in [1.82, 2.24) is 10.6 Å². The van der Waals surface area contributed by atoms with E-state index in [4.69, 9.17) is 23.2 Å². The molecule has 0 fully saturated rings. The Hall–Kier alpha value is -0.480. The van der Waals surface area contributed by atoms with Crippen LogP contribution in [0.3, 0.4) is 0 Å². The Morgan fingerprint density at radius 1 is 0.765 bits per heavy atom. The first-order valence-corrected chi connectivity index (χ1v) is 6.04. The Balaban J connectivity index is 4.78. The Bertz CT molecular complexity index is 284. The van der Waals surface area contributed by atoms with E-state index in [1.165, 1.54) is 0 Å². The molecule has 0 spiro atoms. The average Bonchev–Trinajstić information content (AvgIpc) is 1.96. The zero-order chi connectivity index (χ0) is 14.1. The number of amides is 2. The molecule has 6 heteroatoms. The molecule has 0 aliphatic heterocycles. The van der Waals surface area contributed by atoms with Crippen LogP contribution in [0, 0.1) is 0 Å². The first-order valence-electron chi connectivity index (χ1n) is 5.29. The second kappa shape index (κ2) is 5.02. The highest BCUT2D eigenvalue weighted by Gasteiger charge is 2.44. The first-order chi connectivity index (χ1) is 7.26. The number of hydrogen-bond acceptors (Lipinski definition) is 2. The smallest absolute Gasteiger partial charge is 0.273 e. The molecular formula is C11H20Cl2N2O2. The Labute approximate surface area is 112 Å². The molecule has 0 atom stereocenters. The third-order valence-electron chi connectivity index (χ3n) is 1.55. The lowest BCUT2D eigenvalue weighted by molar-refractivity contribution is -0.131. The minimum absolute atomic E-state index is 0.506. The summed E-state index contributed by atoms with van der Waals surface area (Å²) in [7, 11) is 0. The summed E-state index contributed by atoms with van der Waals surface area (Å²) in [6.07, 6.45) is 0. The molecular weight excluding hydrogens is 263 g/mol. The third kappa shape index (κ3) is 6.13. The van der Waals surface area contributed by atoms with Crippen molar-refractivity contribution in [2.45, 2.75) is 57.0 Å². The van der Waals surface area contributed by atoms with Crippen LogP contribution >= 0.6 is 23.2 Å². The quantitative estimate of drug-likeness (QED) is 0.601. The van der Waals surface area contributed by atoms with Crippen molar-refractivity contribution in [1.29, 1.82) is 0 Å². The van der Waals surface area contributed by atoms with Gasteiger partial charge in [0.15, 0.2) is 0 Å². The van der Waals surface area contributed by atoms with Gasteiger partial charge in [-0.3, -0.25) is 9.59 Å². The standard InChI is InChI=1S/C11H20Cl2N2O2/c1-9(2,3)14-7(16)11(12,13)8(17)15-10(4,5)6/h1-6H3,(H,14,16)(H,15,17). The molecule has 0 saturated heterocycles. The number of rotatable bonds is 2. The number of carbonyl (C=O) groups is 2. The van der Waals surface area contributed by atoms with E-state index in [1.54, 1.807) is 41.5 Å². The Kier molecular flexibility index (Phi) is 4.88. The molecule has 100 valence electrons. The lowest BCUT2D eigenvalue weighted by Crippen LogP contribution is -2.57. The largest absolute Gasteiger partial charge is 0.348 e. The van der Waals surface area contributed by atoms with Gasteiger partial charge >= 0.3 is 0 Å². The van der Waals surface area contributed by atoms with Crippen molar-refractivity contribution in [2.75, 3.05) is 0 Å². The molecule has 2 N–H and O–H groups in total. The van der Waals surface area contributed by atoms with Gasteiger partial charge in [0.05, 0.1) is 0 Å². The molecule has 17 heavy (non-hydrogen) atoms. The lowest BCUT2D eigenvalue weighted by atomic mass is 10.1. The Morgan fingerprint density at radius 2 is 1.00 bits per heavy atom. The van der Waals surface area contributed by atoms with Gasteiger partial charge in [0.2, 0.25) is 0 Å². The summed E-state index contributed by atoms with van der Waals surface area (Å²) in [6.45, 7) is 10.6. The van der Waals surface area contributed by atoms with E-state index in [0.29, 0.717) is 0 Å². The van der Waals surface area contributed by atoms with Crippen LogP contribution < -0.4 is 10.6 Å². The van der Waals surface area contributed by atoms with Crippen LogP contribution in [0.15, 0.2) is 0 Å². The van der Waals surface area contributed by atoms with E-state index in [-0.39, 0.29) is 0 Å². The normalized spacial score (nSPS) is 13.2. The topological polar surface area (TPSA) is 58.2 Å². The molecule has 0 saturated carbocycles. The molecule has 0 heterocycles. The molecule has 0 bridgehead atoms. The maximum atomic E-state index is 11.8. The number of nitrogens with one attached hydrogen (secondary N) is 2. The van der Waals surface area contributed by atoms with Gasteiger partial charge in [-0.15, -0.1) is 0 Å². The van der Waals surface area contributed by atoms with E-state index in [9.17, 15) is 9.59 Å². The van der Waals surface area contributed by atoms with Crippen LogP contribution in [0.5, 0.6) is 0 Å². The predicted molar refractivity (Wildman–Crippen MR) is 70.2 cm³/mol. The van der Waals surface area contributed by atoms with Crippen molar-refractivity contribution >= 4 is 35.0 Å². The lowest BCUT2D eigenvalue weighted by Gasteiger charge is -2.28. The zero-order valence-corrected chi connectivity index (χ0v) is 12.6. The zero-order valence-electron chi connectivity index (χ0n) is 11.1. The third-order valence-corrected chi connectivity index (χ3v) is 2.23. The van der Waals surface area contributed by atoms with Gasteiger partial charge in [-0.25, -0.2) is 0 Å². The molecule has 0 aromatic rings. The predicted octanol–water partition coefficient (Wildman–Crippen LogP) is 1.99. The van der Waals surface area contributed by atoms with Gasteiger partial charge in [-0.05, 0) is 41.5 Å². The second-order valence-electron chi connectivity index (χ2n) is 5.98. The van der Waals surface area contributed by atoms with Gasteiger partial charge in [-0.1, -0.05) is 23.2 Å². The summed E-state index contributed by atoms with van der Waals surface area (Å²) in [6, 6.07) is 0. The van der Waals surface area contributed by atoms with Gasteiger partial charge in [0.25, 0.3) is 16.1 Å². The van der Waals surface area contributed by atoms with E-state index in [2.05, 4.69) is 10.6 Å². The molecule has 0 aromatic heterocycles. The van der Waals surface area contributed by atoms with E-state index >= 15 is 0 Å². The SMILES string of the molecule is CC(C)(C)NC(=O)C(Cl)(Cl)C(=O)NC(C)(C)C. The van der Waals surface area contributed by atoms with Crippen LogP contribution in [0.4, 0.5) is 0 Å². The fourth-order valence-corrected chi connectivity index (χ4v) is 1.13. The molecule has 0 radical (unpaired) electrons. The summed E-state index contributed by atoms with van der Waals surface area (Å²) in [5.41, 5.74) is -1.01. The van der Waals surface area contributed by atoms with Crippen LogP contribution in [0.25, 0.3) is 0 Å².